The smallest absolute Gasteiger partial charge is 0.198 e. The van der Waals surface area contributed by atoms with Gasteiger partial charge in [-0.05, 0) is 30.5 Å². The van der Waals surface area contributed by atoms with Gasteiger partial charge in [-0.1, -0.05) is 48.0 Å². The van der Waals surface area contributed by atoms with Crippen molar-refractivity contribution in [1.82, 2.24) is 10.2 Å². The van der Waals surface area contributed by atoms with Crippen molar-refractivity contribution in [3.05, 3.63) is 65.2 Å². The number of morpholine rings is 1. The second kappa shape index (κ2) is 10.4. The number of fused-ring (bicyclic) bond motifs is 1. The third-order valence-electron chi connectivity index (χ3n) is 5.76. The van der Waals surface area contributed by atoms with Gasteiger partial charge in [-0.25, -0.2) is 0 Å². The highest BCUT2D eigenvalue weighted by Gasteiger charge is 2.26. The Hall–Kier alpha value is -1.64. The Morgan fingerprint density at radius 1 is 1.07 bits per heavy atom. The molecule has 0 saturated carbocycles. The van der Waals surface area contributed by atoms with E-state index in [4.69, 9.17) is 4.74 Å². The Labute approximate surface area is 191 Å². The van der Waals surface area contributed by atoms with E-state index in [0.29, 0.717) is 6.04 Å². The van der Waals surface area contributed by atoms with Gasteiger partial charge in [-0.2, -0.15) is 0 Å². The zero-order chi connectivity index (χ0) is 19.3. The van der Waals surface area contributed by atoms with Crippen LogP contribution >= 0.6 is 24.0 Å². The molecule has 2 aromatic carbocycles. The maximum absolute atomic E-state index is 5.58. The normalized spacial score (nSPS) is 18.1. The minimum atomic E-state index is 0. The summed E-state index contributed by atoms with van der Waals surface area (Å²) in [6.45, 7) is 7.47. The van der Waals surface area contributed by atoms with E-state index < -0.39 is 0 Å². The van der Waals surface area contributed by atoms with E-state index >= 15 is 0 Å². The molecule has 1 atom stereocenters. The molecule has 1 fully saturated rings. The largest absolute Gasteiger partial charge is 0.379 e. The monoisotopic (exact) mass is 506 g/mol. The molecule has 2 aromatic rings. The standard InChI is InChI=1S/C23H30N4O.HI/c1-18-7-9-20(10-8-18)22(26-13-15-28-16-14-26)17-25-23(24-2)27-12-11-19-5-3-4-6-21(19)27;/h3-10,22H,11-17H2,1-2H3,(H,24,25);1H. The molecule has 1 saturated heterocycles. The fraction of sp³-hybridized carbons (Fsp3) is 0.435. The van der Waals surface area contributed by atoms with Crippen molar-refractivity contribution in [2.75, 3.05) is 51.3 Å². The number of ether oxygens (including phenoxy) is 1. The summed E-state index contributed by atoms with van der Waals surface area (Å²) < 4.78 is 5.58. The number of anilines is 1. The van der Waals surface area contributed by atoms with E-state index in [1.807, 2.05) is 7.05 Å². The van der Waals surface area contributed by atoms with Crippen molar-refractivity contribution in [1.29, 1.82) is 0 Å². The molecule has 2 aliphatic rings. The molecular formula is C23H31IN4O. The number of para-hydroxylation sites is 1. The van der Waals surface area contributed by atoms with Crippen molar-refractivity contribution in [3.8, 4) is 0 Å². The fourth-order valence-electron chi connectivity index (χ4n) is 4.18. The third kappa shape index (κ3) is 5.10. The molecule has 0 spiro atoms. The summed E-state index contributed by atoms with van der Waals surface area (Å²) in [5, 5.41) is 3.66. The number of benzene rings is 2. The summed E-state index contributed by atoms with van der Waals surface area (Å²) in [5.74, 6) is 0.954. The van der Waals surface area contributed by atoms with Crippen LogP contribution in [0.25, 0.3) is 0 Å². The third-order valence-corrected chi connectivity index (χ3v) is 5.76. The van der Waals surface area contributed by atoms with Crippen LogP contribution in [-0.2, 0) is 11.2 Å². The molecule has 6 heteroatoms. The number of rotatable bonds is 4. The van der Waals surface area contributed by atoms with Gasteiger partial charge >= 0.3 is 0 Å². The lowest BCUT2D eigenvalue weighted by Crippen LogP contribution is -2.47. The van der Waals surface area contributed by atoms with E-state index in [1.54, 1.807) is 0 Å². The highest BCUT2D eigenvalue weighted by atomic mass is 127. The van der Waals surface area contributed by atoms with Crippen LogP contribution < -0.4 is 10.2 Å². The number of hydrogen-bond donors (Lipinski definition) is 1. The van der Waals surface area contributed by atoms with Gasteiger partial charge in [0.25, 0.3) is 0 Å². The van der Waals surface area contributed by atoms with Crippen molar-refractivity contribution >= 4 is 35.6 Å². The maximum atomic E-state index is 5.58. The summed E-state index contributed by atoms with van der Waals surface area (Å²) >= 11 is 0. The van der Waals surface area contributed by atoms with Gasteiger partial charge < -0.3 is 15.0 Å². The molecule has 1 N–H and O–H groups in total. The van der Waals surface area contributed by atoms with Crippen LogP contribution in [0.2, 0.25) is 0 Å². The molecule has 1 unspecified atom stereocenters. The Morgan fingerprint density at radius 2 is 1.79 bits per heavy atom. The maximum Gasteiger partial charge on any atom is 0.198 e. The molecular weight excluding hydrogens is 475 g/mol. The number of nitrogens with one attached hydrogen (secondary N) is 1. The van der Waals surface area contributed by atoms with Crippen LogP contribution in [0.1, 0.15) is 22.7 Å². The predicted octanol–water partition coefficient (Wildman–Crippen LogP) is 3.62. The second-order valence-corrected chi connectivity index (χ2v) is 7.53. The van der Waals surface area contributed by atoms with E-state index in [1.165, 1.54) is 22.4 Å². The summed E-state index contributed by atoms with van der Waals surface area (Å²) in [6.07, 6.45) is 1.07. The molecule has 2 heterocycles. The van der Waals surface area contributed by atoms with Gasteiger partial charge in [0.05, 0.1) is 19.3 Å². The van der Waals surface area contributed by atoms with E-state index in [-0.39, 0.29) is 24.0 Å². The number of nitrogens with zero attached hydrogens (tertiary/aromatic N) is 3. The lowest BCUT2D eigenvalue weighted by molar-refractivity contribution is 0.0170. The van der Waals surface area contributed by atoms with Crippen molar-refractivity contribution in [3.63, 3.8) is 0 Å². The topological polar surface area (TPSA) is 40.1 Å². The van der Waals surface area contributed by atoms with E-state index in [9.17, 15) is 0 Å². The van der Waals surface area contributed by atoms with Crippen molar-refractivity contribution in [2.24, 2.45) is 4.99 Å². The molecule has 0 bridgehead atoms. The van der Waals surface area contributed by atoms with E-state index in [2.05, 4.69) is 75.6 Å². The fourth-order valence-corrected chi connectivity index (χ4v) is 4.18. The van der Waals surface area contributed by atoms with E-state index in [0.717, 1.165) is 51.8 Å². The van der Waals surface area contributed by atoms with Crippen molar-refractivity contribution < 1.29 is 4.74 Å². The van der Waals surface area contributed by atoms with Gasteiger partial charge in [0.1, 0.15) is 0 Å². The first-order chi connectivity index (χ1) is 13.8. The van der Waals surface area contributed by atoms with Crippen molar-refractivity contribution in [2.45, 2.75) is 19.4 Å². The summed E-state index contributed by atoms with van der Waals surface area (Å²) in [5.41, 5.74) is 5.31. The van der Waals surface area contributed by atoms with Gasteiger partial charge in [0.2, 0.25) is 0 Å². The number of aryl methyl sites for hydroxylation is 1. The average molecular weight is 506 g/mol. The average Bonchev–Trinajstić information content (AvgIpc) is 3.17. The zero-order valence-electron chi connectivity index (χ0n) is 17.3. The van der Waals surface area contributed by atoms with Gasteiger partial charge in [0, 0.05) is 38.9 Å². The minimum Gasteiger partial charge on any atom is -0.379 e. The zero-order valence-corrected chi connectivity index (χ0v) is 19.6. The summed E-state index contributed by atoms with van der Waals surface area (Å²) in [7, 11) is 1.87. The molecule has 156 valence electrons. The number of aliphatic imine (C=N–C) groups is 1. The first-order valence-corrected chi connectivity index (χ1v) is 10.2. The van der Waals surface area contributed by atoms with Crippen LogP contribution in [-0.4, -0.2) is 57.3 Å². The number of hydrogen-bond acceptors (Lipinski definition) is 3. The summed E-state index contributed by atoms with van der Waals surface area (Å²) in [6, 6.07) is 17.8. The van der Waals surface area contributed by atoms with Gasteiger partial charge in [-0.3, -0.25) is 9.89 Å². The highest BCUT2D eigenvalue weighted by molar-refractivity contribution is 14.0. The molecule has 4 rings (SSSR count). The lowest BCUT2D eigenvalue weighted by atomic mass is 10.0. The van der Waals surface area contributed by atoms with Gasteiger partial charge in [-0.15, -0.1) is 24.0 Å². The first-order valence-electron chi connectivity index (χ1n) is 10.2. The van der Waals surface area contributed by atoms with Gasteiger partial charge in [0.15, 0.2) is 5.96 Å². The lowest BCUT2D eigenvalue weighted by Gasteiger charge is -2.35. The Bertz CT molecular complexity index is 818. The molecule has 0 aliphatic carbocycles. The molecule has 2 aliphatic heterocycles. The quantitative estimate of drug-likeness (QED) is 0.391. The molecule has 0 aromatic heterocycles. The predicted molar refractivity (Wildman–Crippen MR) is 131 cm³/mol. The Balaban J connectivity index is 0.00000240. The van der Waals surface area contributed by atoms with Crippen LogP contribution in [0.15, 0.2) is 53.5 Å². The van der Waals surface area contributed by atoms with Crippen LogP contribution in [0.4, 0.5) is 5.69 Å². The molecule has 0 radical (unpaired) electrons. The SMILES string of the molecule is CN=C(NCC(c1ccc(C)cc1)N1CCOCC1)N1CCc2ccccc21.I. The highest BCUT2D eigenvalue weighted by Crippen LogP contribution is 2.28. The minimum absolute atomic E-state index is 0. The number of halogens is 1. The van der Waals surface area contributed by atoms with Crippen LogP contribution in [0.3, 0.4) is 0 Å². The Kier molecular flexibility index (Phi) is 7.91. The molecule has 29 heavy (non-hydrogen) atoms. The molecule has 0 amide bonds. The van der Waals surface area contributed by atoms with Crippen LogP contribution in [0, 0.1) is 6.92 Å². The van der Waals surface area contributed by atoms with Crippen LogP contribution in [0.5, 0.6) is 0 Å². The molecule has 5 nitrogen and oxygen atoms in total. The number of guanidine groups is 1. The first kappa shape index (κ1) is 22.1. The Morgan fingerprint density at radius 3 is 2.52 bits per heavy atom. The summed E-state index contributed by atoms with van der Waals surface area (Å²) in [4.78, 5) is 9.41. The second-order valence-electron chi connectivity index (χ2n) is 7.53.